The van der Waals surface area contributed by atoms with Gasteiger partial charge in [-0.25, -0.2) is 9.78 Å². The number of aryl methyl sites for hydroxylation is 2. The normalized spacial score (nSPS) is 17.3. The number of ether oxygens (including phenoxy) is 1. The van der Waals surface area contributed by atoms with Crippen LogP contribution in [0.4, 0.5) is 5.13 Å². The van der Waals surface area contributed by atoms with Gasteiger partial charge in [-0.05, 0) is 38.5 Å². The van der Waals surface area contributed by atoms with E-state index in [1.165, 1.54) is 4.90 Å². The molecule has 3 aromatic rings. The number of esters is 1. The number of Topliss-reactive ketones (excluding diaryl/α,β-unsaturated/α-hetero) is 1. The quantitative estimate of drug-likeness (QED) is 0.225. The molecule has 34 heavy (non-hydrogen) atoms. The predicted octanol–water partition coefficient (Wildman–Crippen LogP) is 5.22. The lowest BCUT2D eigenvalue weighted by Crippen LogP contribution is -2.29. The number of aliphatic hydroxyl groups is 1. The summed E-state index contributed by atoms with van der Waals surface area (Å²) in [6, 6.07) is 12.7. The lowest BCUT2D eigenvalue weighted by atomic mass is 9.95. The summed E-state index contributed by atoms with van der Waals surface area (Å²) < 4.78 is 5.08. The van der Waals surface area contributed by atoms with E-state index < -0.39 is 23.7 Å². The maximum Gasteiger partial charge on any atom is 0.350 e. The van der Waals surface area contributed by atoms with Crippen molar-refractivity contribution in [2.45, 2.75) is 26.8 Å². The lowest BCUT2D eigenvalue weighted by Gasteiger charge is -2.23. The van der Waals surface area contributed by atoms with E-state index in [0.717, 1.165) is 16.9 Å². The topological polar surface area (TPSA) is 96.8 Å². The number of rotatable bonds is 5. The van der Waals surface area contributed by atoms with Crippen molar-refractivity contribution in [2.75, 3.05) is 11.5 Å². The van der Waals surface area contributed by atoms with E-state index in [4.69, 9.17) is 16.3 Å². The minimum atomic E-state index is -0.959. The zero-order valence-corrected chi connectivity index (χ0v) is 20.2. The second-order valence-corrected chi connectivity index (χ2v) is 9.13. The summed E-state index contributed by atoms with van der Waals surface area (Å²) >= 11 is 7.02. The van der Waals surface area contributed by atoms with Crippen molar-refractivity contribution in [3.8, 4) is 0 Å². The van der Waals surface area contributed by atoms with Gasteiger partial charge in [-0.1, -0.05) is 64.9 Å². The van der Waals surface area contributed by atoms with Crippen LogP contribution in [-0.2, 0) is 14.3 Å². The van der Waals surface area contributed by atoms with Gasteiger partial charge in [0, 0.05) is 10.6 Å². The monoisotopic (exact) mass is 496 g/mol. The summed E-state index contributed by atoms with van der Waals surface area (Å²) in [7, 11) is 0. The van der Waals surface area contributed by atoms with E-state index in [0.29, 0.717) is 21.8 Å². The highest BCUT2D eigenvalue weighted by Crippen LogP contribution is 2.44. The highest BCUT2D eigenvalue weighted by atomic mass is 35.5. The number of halogens is 1. The van der Waals surface area contributed by atoms with E-state index >= 15 is 0 Å². The Kier molecular flexibility index (Phi) is 6.54. The van der Waals surface area contributed by atoms with Gasteiger partial charge in [0.2, 0.25) is 0 Å². The Morgan fingerprint density at radius 1 is 1.12 bits per heavy atom. The fourth-order valence-corrected chi connectivity index (χ4v) is 4.84. The number of hydrogen-bond donors (Lipinski definition) is 1. The van der Waals surface area contributed by atoms with E-state index in [9.17, 15) is 19.5 Å². The first-order chi connectivity index (χ1) is 16.2. The summed E-state index contributed by atoms with van der Waals surface area (Å²) in [5.74, 6) is -2.54. The van der Waals surface area contributed by atoms with Crippen molar-refractivity contribution in [1.82, 2.24) is 4.98 Å². The third-order valence-electron chi connectivity index (χ3n) is 5.41. The number of anilines is 1. The third kappa shape index (κ3) is 4.22. The van der Waals surface area contributed by atoms with Crippen LogP contribution >= 0.6 is 22.9 Å². The molecule has 0 aliphatic carbocycles. The van der Waals surface area contributed by atoms with E-state index in [-0.39, 0.29) is 27.9 Å². The van der Waals surface area contributed by atoms with Gasteiger partial charge in [-0.15, -0.1) is 0 Å². The highest BCUT2D eigenvalue weighted by Gasteiger charge is 2.48. The molecule has 0 unspecified atom stereocenters. The molecule has 9 heteroatoms. The van der Waals surface area contributed by atoms with Gasteiger partial charge in [0.1, 0.15) is 10.6 Å². The maximum atomic E-state index is 13.2. The zero-order valence-electron chi connectivity index (χ0n) is 18.7. The number of aliphatic hydroxyl groups excluding tert-OH is 1. The van der Waals surface area contributed by atoms with Gasteiger partial charge < -0.3 is 9.84 Å². The molecule has 1 saturated heterocycles. The molecule has 1 aromatic heterocycles. The van der Waals surface area contributed by atoms with Gasteiger partial charge in [0.05, 0.1) is 23.9 Å². The first kappa shape index (κ1) is 23.7. The fourth-order valence-electron chi connectivity index (χ4n) is 3.73. The minimum Gasteiger partial charge on any atom is -0.507 e. The molecule has 0 bridgehead atoms. The van der Waals surface area contributed by atoms with Crippen molar-refractivity contribution >= 4 is 51.5 Å². The van der Waals surface area contributed by atoms with Crippen LogP contribution in [0.5, 0.6) is 0 Å². The van der Waals surface area contributed by atoms with Crippen molar-refractivity contribution < 1.29 is 24.2 Å². The number of carbonyl (C=O) groups excluding carboxylic acids is 3. The van der Waals surface area contributed by atoms with Crippen LogP contribution in [0.1, 0.15) is 45.0 Å². The average molecular weight is 497 g/mol. The number of nitrogens with zero attached hydrogens (tertiary/aromatic N) is 2. The van der Waals surface area contributed by atoms with Crippen molar-refractivity contribution in [3.63, 3.8) is 0 Å². The van der Waals surface area contributed by atoms with Crippen LogP contribution in [-0.4, -0.2) is 34.4 Å². The molecular weight excluding hydrogens is 476 g/mol. The van der Waals surface area contributed by atoms with Gasteiger partial charge >= 0.3 is 11.9 Å². The zero-order chi connectivity index (χ0) is 24.6. The molecular formula is C25H21ClN2O5S. The Labute approximate surface area is 205 Å². The second kappa shape index (κ2) is 9.40. The number of benzene rings is 2. The van der Waals surface area contributed by atoms with Crippen molar-refractivity contribution in [2.24, 2.45) is 0 Å². The molecule has 4 rings (SSSR count). The molecule has 7 nitrogen and oxygen atoms in total. The number of ketones is 1. The smallest absolute Gasteiger partial charge is 0.350 e. The Morgan fingerprint density at radius 3 is 2.38 bits per heavy atom. The van der Waals surface area contributed by atoms with Crippen LogP contribution in [0, 0.1) is 13.8 Å². The van der Waals surface area contributed by atoms with Gasteiger partial charge in [-0.2, -0.15) is 0 Å². The number of carbonyl (C=O) groups is 3. The third-order valence-corrected chi connectivity index (χ3v) is 6.80. The molecule has 1 atom stereocenters. The van der Waals surface area contributed by atoms with E-state index in [1.807, 2.05) is 6.92 Å². The van der Waals surface area contributed by atoms with Gasteiger partial charge in [0.15, 0.2) is 5.13 Å². The van der Waals surface area contributed by atoms with Gasteiger partial charge in [0.25, 0.3) is 5.78 Å². The molecule has 174 valence electrons. The van der Waals surface area contributed by atoms with Crippen LogP contribution < -0.4 is 4.90 Å². The predicted molar refractivity (Wildman–Crippen MR) is 130 cm³/mol. The SMILES string of the molecule is CCOC(=O)c1sc(N2C(=O)C(=O)C(=C(O)c3ccc(C)cc3)[C@H]2c2ccc(Cl)cc2)nc1C. The maximum absolute atomic E-state index is 13.2. The first-order valence-electron chi connectivity index (χ1n) is 10.5. The van der Waals surface area contributed by atoms with E-state index in [2.05, 4.69) is 4.98 Å². The summed E-state index contributed by atoms with van der Waals surface area (Å²) in [4.78, 5) is 44.6. The van der Waals surface area contributed by atoms with Crippen LogP contribution in [0.3, 0.4) is 0 Å². The molecule has 1 amide bonds. The largest absolute Gasteiger partial charge is 0.507 e. The molecule has 1 fully saturated rings. The molecule has 2 aromatic carbocycles. The Balaban J connectivity index is 1.90. The molecule has 1 N–H and O–H groups in total. The van der Waals surface area contributed by atoms with Crippen LogP contribution in [0.25, 0.3) is 5.76 Å². The minimum absolute atomic E-state index is 0.0679. The fraction of sp³-hybridized carbons (Fsp3) is 0.200. The number of amides is 1. The molecule has 0 spiro atoms. The van der Waals surface area contributed by atoms with Crippen molar-refractivity contribution in [1.29, 1.82) is 0 Å². The summed E-state index contributed by atoms with van der Waals surface area (Å²) in [6.07, 6.45) is 0. The molecule has 0 saturated carbocycles. The number of hydrogen-bond acceptors (Lipinski definition) is 7. The number of thiazole rings is 1. The average Bonchev–Trinajstić information content (AvgIpc) is 3.31. The van der Waals surface area contributed by atoms with Crippen molar-refractivity contribution in [3.05, 3.63) is 86.4 Å². The molecule has 2 heterocycles. The van der Waals surface area contributed by atoms with E-state index in [1.54, 1.807) is 62.4 Å². The summed E-state index contributed by atoms with van der Waals surface area (Å²) in [6.45, 7) is 5.42. The summed E-state index contributed by atoms with van der Waals surface area (Å²) in [5, 5.41) is 11.8. The molecule has 0 radical (unpaired) electrons. The molecule has 1 aliphatic rings. The Bertz CT molecular complexity index is 1310. The Morgan fingerprint density at radius 2 is 1.76 bits per heavy atom. The molecule has 1 aliphatic heterocycles. The Hall–Kier alpha value is -3.49. The first-order valence-corrected chi connectivity index (χ1v) is 11.7. The van der Waals surface area contributed by atoms with Crippen LogP contribution in [0.15, 0.2) is 54.1 Å². The lowest BCUT2D eigenvalue weighted by molar-refractivity contribution is -0.132. The summed E-state index contributed by atoms with van der Waals surface area (Å²) in [5.41, 5.74) is 2.26. The number of aromatic nitrogens is 1. The second-order valence-electron chi connectivity index (χ2n) is 7.72. The van der Waals surface area contributed by atoms with Gasteiger partial charge in [-0.3, -0.25) is 14.5 Å². The van der Waals surface area contributed by atoms with Crippen LogP contribution in [0.2, 0.25) is 5.02 Å². The highest BCUT2D eigenvalue weighted by molar-refractivity contribution is 7.17. The standard InChI is InChI=1S/C25H21ClN2O5S/c1-4-33-24(32)22-14(3)27-25(34-22)28-19(15-9-11-17(26)12-10-15)18(21(30)23(28)31)20(29)16-7-5-13(2)6-8-16/h5-12,19,29H,4H2,1-3H3/t19-/m1/s1.